The van der Waals surface area contributed by atoms with E-state index in [1.165, 1.54) is 0 Å². The van der Waals surface area contributed by atoms with E-state index in [1.54, 1.807) is 6.42 Å². The first-order chi connectivity index (χ1) is 4.72. The molecule has 0 bridgehead atoms. The fourth-order valence-electron chi connectivity index (χ4n) is 1.21. The summed E-state index contributed by atoms with van der Waals surface area (Å²) in [5, 5.41) is 0. The Labute approximate surface area is 61.6 Å². The van der Waals surface area contributed by atoms with Crippen molar-refractivity contribution in [2.45, 2.75) is 26.7 Å². The van der Waals surface area contributed by atoms with Gasteiger partial charge in [-0.2, -0.15) is 0 Å². The molecule has 0 spiro atoms. The lowest BCUT2D eigenvalue weighted by atomic mass is 9.82. The van der Waals surface area contributed by atoms with Gasteiger partial charge in [-0.25, -0.2) is 0 Å². The second-order valence-electron chi connectivity index (χ2n) is 2.82. The Morgan fingerprint density at radius 1 is 1.60 bits per heavy atom. The topological polar surface area (TPSA) is 26.3 Å². The predicted octanol–water partition coefficient (Wildman–Crippen LogP) is 1.55. The van der Waals surface area contributed by atoms with Crippen LogP contribution in [0.15, 0.2) is 0 Å². The number of cyclic esters (lactones) is 1. The summed E-state index contributed by atoms with van der Waals surface area (Å²) in [6.45, 7) is 4.75. The molecule has 0 N–H and O–H groups in total. The Morgan fingerprint density at radius 3 is 2.40 bits per heavy atom. The summed E-state index contributed by atoms with van der Waals surface area (Å²) < 4.78 is 4.86. The van der Waals surface area contributed by atoms with Crippen LogP contribution in [0.5, 0.6) is 0 Å². The minimum Gasteiger partial charge on any atom is -0.465 e. The van der Waals surface area contributed by atoms with Crippen molar-refractivity contribution in [2.75, 3.05) is 6.61 Å². The van der Waals surface area contributed by atoms with Crippen LogP contribution in [0.3, 0.4) is 0 Å². The summed E-state index contributed by atoms with van der Waals surface area (Å²) in [6, 6.07) is 0. The molecular formula is C8H13O2. The average Bonchev–Trinajstić information content (AvgIpc) is 2.33. The molecule has 2 heteroatoms. The molecule has 1 radical (unpaired) electrons. The van der Waals surface area contributed by atoms with Gasteiger partial charge in [0.1, 0.15) is 0 Å². The van der Waals surface area contributed by atoms with Gasteiger partial charge in [-0.05, 0) is 12.8 Å². The maximum atomic E-state index is 10.7. The number of hydrogen-bond donors (Lipinski definition) is 0. The maximum absolute atomic E-state index is 10.7. The van der Waals surface area contributed by atoms with Crippen molar-refractivity contribution in [3.8, 4) is 0 Å². The highest BCUT2D eigenvalue weighted by Gasteiger charge is 2.37. The highest BCUT2D eigenvalue weighted by Crippen LogP contribution is 2.34. The van der Waals surface area contributed by atoms with E-state index in [0.717, 1.165) is 12.8 Å². The minimum atomic E-state index is -0.149. The fraction of sp³-hybridized carbons (Fsp3) is 0.750. The molecule has 0 saturated carbocycles. The number of hydrogen-bond acceptors (Lipinski definition) is 2. The Hall–Kier alpha value is -0.530. The molecular weight excluding hydrogens is 128 g/mol. The highest BCUT2D eigenvalue weighted by molar-refractivity contribution is 5.82. The van der Waals surface area contributed by atoms with Crippen molar-refractivity contribution < 1.29 is 9.53 Å². The van der Waals surface area contributed by atoms with E-state index in [0.29, 0.717) is 6.61 Å². The largest absolute Gasteiger partial charge is 0.465 e. The normalized spacial score (nSPS) is 22.8. The Kier molecular flexibility index (Phi) is 1.97. The molecule has 0 aromatic heterocycles. The van der Waals surface area contributed by atoms with E-state index >= 15 is 0 Å². The number of rotatable bonds is 2. The van der Waals surface area contributed by atoms with Crippen LogP contribution >= 0.6 is 0 Å². The highest BCUT2D eigenvalue weighted by atomic mass is 16.5. The van der Waals surface area contributed by atoms with E-state index < -0.39 is 0 Å². The molecule has 1 aliphatic rings. The molecule has 0 amide bonds. The van der Waals surface area contributed by atoms with Crippen LogP contribution in [0.4, 0.5) is 0 Å². The molecule has 57 valence electrons. The number of carbonyl (C=O) groups is 1. The van der Waals surface area contributed by atoms with Gasteiger partial charge in [-0.1, -0.05) is 13.8 Å². The quantitative estimate of drug-likeness (QED) is 0.545. The first-order valence-electron chi connectivity index (χ1n) is 3.75. The number of carbonyl (C=O) groups excluding carboxylic acids is 1. The fourth-order valence-corrected chi connectivity index (χ4v) is 1.21. The Balaban J connectivity index is 2.59. The van der Waals surface area contributed by atoms with Crippen LogP contribution in [0.25, 0.3) is 0 Å². The zero-order valence-corrected chi connectivity index (χ0v) is 6.52. The third-order valence-electron chi connectivity index (χ3n) is 2.33. The van der Waals surface area contributed by atoms with E-state index in [9.17, 15) is 4.79 Å². The van der Waals surface area contributed by atoms with Crippen molar-refractivity contribution in [1.82, 2.24) is 0 Å². The summed E-state index contributed by atoms with van der Waals surface area (Å²) in [4.78, 5) is 10.7. The molecule has 0 unspecified atom stereocenters. The van der Waals surface area contributed by atoms with Gasteiger partial charge in [0.15, 0.2) is 0 Å². The van der Waals surface area contributed by atoms with Gasteiger partial charge in [-0.15, -0.1) is 0 Å². The Bertz CT molecular complexity index is 136. The van der Waals surface area contributed by atoms with E-state index in [-0.39, 0.29) is 11.4 Å². The van der Waals surface area contributed by atoms with Crippen molar-refractivity contribution >= 4 is 5.97 Å². The number of esters is 1. The molecule has 10 heavy (non-hydrogen) atoms. The average molecular weight is 141 g/mol. The predicted molar refractivity (Wildman–Crippen MR) is 38.3 cm³/mol. The van der Waals surface area contributed by atoms with Gasteiger partial charge < -0.3 is 4.74 Å². The molecule has 0 aliphatic carbocycles. The number of ether oxygens (including phenoxy) is 1. The van der Waals surface area contributed by atoms with Crippen LogP contribution in [-0.2, 0) is 9.53 Å². The standard InChI is InChI=1S/C8H13O2/c1-3-8(4-2)5-7(9)10-6-8/h5H,3-4,6H2,1-2H3. The Morgan fingerprint density at radius 2 is 2.20 bits per heavy atom. The lowest BCUT2D eigenvalue weighted by Crippen LogP contribution is -2.18. The van der Waals surface area contributed by atoms with Crippen molar-refractivity contribution in [1.29, 1.82) is 0 Å². The SMILES string of the molecule is CCC1(CC)[CH]C(=O)OC1. The first-order valence-corrected chi connectivity index (χ1v) is 3.75. The van der Waals surface area contributed by atoms with Gasteiger partial charge in [0.05, 0.1) is 13.0 Å². The molecule has 0 atom stereocenters. The van der Waals surface area contributed by atoms with Crippen LogP contribution < -0.4 is 0 Å². The molecule has 1 saturated heterocycles. The lowest BCUT2D eigenvalue weighted by molar-refractivity contribution is -0.135. The molecule has 0 aromatic carbocycles. The summed E-state index contributed by atoms with van der Waals surface area (Å²) in [6.07, 6.45) is 3.71. The van der Waals surface area contributed by atoms with E-state index in [4.69, 9.17) is 4.74 Å². The molecule has 1 aliphatic heterocycles. The van der Waals surface area contributed by atoms with Gasteiger partial charge in [0.2, 0.25) is 0 Å². The van der Waals surface area contributed by atoms with Crippen molar-refractivity contribution in [2.24, 2.45) is 5.41 Å². The van der Waals surface area contributed by atoms with Gasteiger partial charge in [-0.3, -0.25) is 4.79 Å². The van der Waals surface area contributed by atoms with E-state index in [2.05, 4.69) is 13.8 Å². The second kappa shape index (κ2) is 2.60. The van der Waals surface area contributed by atoms with Crippen LogP contribution in [0, 0.1) is 11.8 Å². The second-order valence-corrected chi connectivity index (χ2v) is 2.82. The summed E-state index contributed by atoms with van der Waals surface area (Å²) in [5.41, 5.74) is 0.0527. The van der Waals surface area contributed by atoms with Crippen LogP contribution in [0.1, 0.15) is 26.7 Å². The van der Waals surface area contributed by atoms with Gasteiger partial charge in [0.25, 0.3) is 0 Å². The molecule has 1 rings (SSSR count). The minimum absolute atomic E-state index is 0.0527. The van der Waals surface area contributed by atoms with Crippen LogP contribution in [0.2, 0.25) is 0 Å². The van der Waals surface area contributed by atoms with Crippen LogP contribution in [-0.4, -0.2) is 12.6 Å². The molecule has 1 fully saturated rings. The third-order valence-corrected chi connectivity index (χ3v) is 2.33. The maximum Gasteiger partial charge on any atom is 0.310 e. The molecule has 2 nitrogen and oxygen atoms in total. The third kappa shape index (κ3) is 1.15. The smallest absolute Gasteiger partial charge is 0.310 e. The summed E-state index contributed by atoms with van der Waals surface area (Å²) >= 11 is 0. The van der Waals surface area contributed by atoms with Crippen molar-refractivity contribution in [3.63, 3.8) is 0 Å². The monoisotopic (exact) mass is 141 g/mol. The van der Waals surface area contributed by atoms with Gasteiger partial charge >= 0.3 is 5.97 Å². The first kappa shape index (κ1) is 7.58. The zero-order chi connectivity index (χ0) is 7.61. The van der Waals surface area contributed by atoms with Crippen molar-refractivity contribution in [3.05, 3.63) is 6.42 Å². The molecule has 1 heterocycles. The summed E-state index contributed by atoms with van der Waals surface area (Å²) in [5.74, 6) is -0.149. The zero-order valence-electron chi connectivity index (χ0n) is 6.52. The van der Waals surface area contributed by atoms with E-state index in [1.807, 2.05) is 0 Å². The summed E-state index contributed by atoms with van der Waals surface area (Å²) in [7, 11) is 0. The molecule has 0 aromatic rings. The lowest BCUT2D eigenvalue weighted by Gasteiger charge is -2.20. The van der Waals surface area contributed by atoms with Gasteiger partial charge in [0, 0.05) is 5.41 Å².